The van der Waals surface area contributed by atoms with Gasteiger partial charge in [0, 0.05) is 18.1 Å². The van der Waals surface area contributed by atoms with Gasteiger partial charge in [-0.1, -0.05) is 18.2 Å². The molecule has 1 heterocycles. The Labute approximate surface area is 154 Å². The quantitative estimate of drug-likeness (QED) is 0.886. The molecule has 138 valence electrons. The number of carbonyl (C=O) groups excluding carboxylic acids is 1. The van der Waals surface area contributed by atoms with Crippen LogP contribution >= 0.6 is 0 Å². The van der Waals surface area contributed by atoms with Crippen molar-refractivity contribution in [3.8, 4) is 17.2 Å². The maximum Gasteiger partial charge on any atom is 0.258 e. The molecule has 1 unspecified atom stereocenters. The number of benzene rings is 2. The lowest BCUT2D eigenvalue weighted by atomic mass is 9.89. The van der Waals surface area contributed by atoms with Crippen molar-refractivity contribution < 1.29 is 19.0 Å². The SMILES string of the molecule is COc1cccc(OCC(=O)NC2CC(C)(C)Oc3cc(C)ccc32)c1. The molecule has 0 spiro atoms. The number of ether oxygens (including phenoxy) is 3. The molecule has 1 aliphatic rings. The molecule has 1 atom stereocenters. The lowest BCUT2D eigenvalue weighted by Crippen LogP contribution is -2.42. The van der Waals surface area contributed by atoms with Crippen molar-refractivity contribution in [2.24, 2.45) is 0 Å². The Morgan fingerprint density at radius 2 is 2.00 bits per heavy atom. The molecular formula is C21H25NO4. The van der Waals surface area contributed by atoms with Crippen LogP contribution in [0.4, 0.5) is 0 Å². The lowest BCUT2D eigenvalue weighted by Gasteiger charge is -2.38. The van der Waals surface area contributed by atoms with E-state index in [0.29, 0.717) is 17.9 Å². The number of aryl methyl sites for hydroxylation is 1. The zero-order chi connectivity index (χ0) is 18.7. The predicted octanol–water partition coefficient (Wildman–Crippen LogP) is 3.80. The molecule has 5 nitrogen and oxygen atoms in total. The average molecular weight is 355 g/mol. The minimum atomic E-state index is -0.341. The Kier molecular flexibility index (Phi) is 5.07. The first-order valence-electron chi connectivity index (χ1n) is 8.72. The highest BCUT2D eigenvalue weighted by Gasteiger charge is 2.34. The van der Waals surface area contributed by atoms with Gasteiger partial charge >= 0.3 is 0 Å². The van der Waals surface area contributed by atoms with Crippen LogP contribution in [0.2, 0.25) is 0 Å². The van der Waals surface area contributed by atoms with E-state index >= 15 is 0 Å². The van der Waals surface area contributed by atoms with Gasteiger partial charge in [0.25, 0.3) is 5.91 Å². The molecule has 2 aromatic carbocycles. The molecule has 3 rings (SSSR count). The topological polar surface area (TPSA) is 56.8 Å². The first-order valence-corrected chi connectivity index (χ1v) is 8.72. The molecule has 26 heavy (non-hydrogen) atoms. The van der Waals surface area contributed by atoms with Crippen molar-refractivity contribution in [3.05, 3.63) is 53.6 Å². The van der Waals surface area contributed by atoms with Gasteiger partial charge in [0.15, 0.2) is 6.61 Å². The van der Waals surface area contributed by atoms with Crippen LogP contribution < -0.4 is 19.5 Å². The van der Waals surface area contributed by atoms with Crippen molar-refractivity contribution in [1.82, 2.24) is 5.32 Å². The Hall–Kier alpha value is -2.69. The Morgan fingerprint density at radius 1 is 1.23 bits per heavy atom. The molecule has 1 N–H and O–H groups in total. The number of methoxy groups -OCH3 is 1. The van der Waals surface area contributed by atoms with Gasteiger partial charge in [0.05, 0.1) is 13.2 Å². The highest BCUT2D eigenvalue weighted by Crippen LogP contribution is 2.39. The first kappa shape index (κ1) is 18.1. The van der Waals surface area contributed by atoms with E-state index in [1.165, 1.54) is 0 Å². The van der Waals surface area contributed by atoms with E-state index in [-0.39, 0.29) is 24.2 Å². The minimum Gasteiger partial charge on any atom is -0.497 e. The van der Waals surface area contributed by atoms with E-state index in [1.807, 2.05) is 51.1 Å². The summed E-state index contributed by atoms with van der Waals surface area (Å²) in [7, 11) is 1.60. The van der Waals surface area contributed by atoms with Gasteiger partial charge in [0.2, 0.25) is 0 Å². The number of rotatable bonds is 5. The van der Waals surface area contributed by atoms with E-state index in [1.54, 1.807) is 19.2 Å². The summed E-state index contributed by atoms with van der Waals surface area (Å²) in [6.07, 6.45) is 0.702. The number of carbonyl (C=O) groups is 1. The fourth-order valence-electron chi connectivity index (χ4n) is 3.16. The summed E-state index contributed by atoms with van der Waals surface area (Å²) in [6, 6.07) is 13.2. The summed E-state index contributed by atoms with van der Waals surface area (Å²) in [5.41, 5.74) is 1.80. The molecule has 0 fully saturated rings. The van der Waals surface area contributed by atoms with Crippen molar-refractivity contribution in [2.45, 2.75) is 38.8 Å². The molecule has 0 aromatic heterocycles. The van der Waals surface area contributed by atoms with Gasteiger partial charge in [-0.25, -0.2) is 0 Å². The predicted molar refractivity (Wildman–Crippen MR) is 99.9 cm³/mol. The van der Waals surface area contributed by atoms with Gasteiger partial charge in [-0.05, 0) is 44.5 Å². The first-order chi connectivity index (χ1) is 12.4. The second-order valence-corrected chi connectivity index (χ2v) is 7.19. The Morgan fingerprint density at radius 3 is 2.77 bits per heavy atom. The summed E-state index contributed by atoms with van der Waals surface area (Å²) in [5.74, 6) is 1.96. The standard InChI is InChI=1S/C21H25NO4/c1-14-8-9-17-18(12-21(2,3)26-19(17)10-14)22-20(23)13-25-16-7-5-6-15(11-16)24-4/h5-11,18H,12-13H2,1-4H3,(H,22,23). The maximum absolute atomic E-state index is 12.4. The molecule has 0 saturated heterocycles. The molecule has 1 aliphatic heterocycles. The number of hydrogen-bond acceptors (Lipinski definition) is 4. The third-order valence-corrected chi connectivity index (χ3v) is 4.37. The molecule has 0 bridgehead atoms. The van der Waals surface area contributed by atoms with Crippen molar-refractivity contribution >= 4 is 5.91 Å². The van der Waals surface area contributed by atoms with Crippen LogP contribution in [0.1, 0.15) is 37.4 Å². The van der Waals surface area contributed by atoms with Gasteiger partial charge in [-0.3, -0.25) is 4.79 Å². The zero-order valence-corrected chi connectivity index (χ0v) is 15.7. The van der Waals surface area contributed by atoms with Crippen molar-refractivity contribution in [3.63, 3.8) is 0 Å². The monoisotopic (exact) mass is 355 g/mol. The van der Waals surface area contributed by atoms with Gasteiger partial charge in [-0.15, -0.1) is 0 Å². The molecule has 0 aliphatic carbocycles. The number of nitrogens with one attached hydrogen (secondary N) is 1. The largest absolute Gasteiger partial charge is 0.497 e. The smallest absolute Gasteiger partial charge is 0.258 e. The fourth-order valence-corrected chi connectivity index (χ4v) is 3.16. The molecule has 0 saturated carbocycles. The number of amides is 1. The second kappa shape index (κ2) is 7.28. The van der Waals surface area contributed by atoms with Crippen molar-refractivity contribution in [2.75, 3.05) is 13.7 Å². The summed E-state index contributed by atoms with van der Waals surface area (Å²) < 4.78 is 16.8. The molecular weight excluding hydrogens is 330 g/mol. The van der Waals surface area contributed by atoms with Gasteiger partial charge in [0.1, 0.15) is 22.8 Å². The highest BCUT2D eigenvalue weighted by molar-refractivity contribution is 5.78. The Balaban J connectivity index is 1.67. The van der Waals surface area contributed by atoms with Crippen LogP contribution in [0.25, 0.3) is 0 Å². The van der Waals surface area contributed by atoms with Crippen LogP contribution in [0.5, 0.6) is 17.2 Å². The van der Waals surface area contributed by atoms with E-state index in [9.17, 15) is 4.79 Å². The van der Waals surface area contributed by atoms with Gasteiger partial charge < -0.3 is 19.5 Å². The molecule has 1 amide bonds. The molecule has 5 heteroatoms. The van der Waals surface area contributed by atoms with Gasteiger partial charge in [-0.2, -0.15) is 0 Å². The van der Waals surface area contributed by atoms with Crippen LogP contribution in [0.15, 0.2) is 42.5 Å². The summed E-state index contributed by atoms with van der Waals surface area (Å²) in [4.78, 5) is 12.4. The zero-order valence-electron chi connectivity index (χ0n) is 15.7. The average Bonchev–Trinajstić information content (AvgIpc) is 2.58. The van der Waals surface area contributed by atoms with Crippen LogP contribution in [-0.2, 0) is 4.79 Å². The van der Waals surface area contributed by atoms with Crippen molar-refractivity contribution in [1.29, 1.82) is 0 Å². The second-order valence-electron chi connectivity index (χ2n) is 7.19. The highest BCUT2D eigenvalue weighted by atomic mass is 16.5. The minimum absolute atomic E-state index is 0.0495. The van der Waals surface area contributed by atoms with Crippen LogP contribution in [0.3, 0.4) is 0 Å². The maximum atomic E-state index is 12.4. The summed E-state index contributed by atoms with van der Waals surface area (Å²) in [5, 5.41) is 3.07. The molecule has 2 aromatic rings. The number of fused-ring (bicyclic) bond motifs is 1. The third kappa shape index (κ3) is 4.28. The molecule has 0 radical (unpaired) electrons. The lowest BCUT2D eigenvalue weighted by molar-refractivity contribution is -0.124. The number of hydrogen-bond donors (Lipinski definition) is 1. The Bertz CT molecular complexity index is 800. The summed E-state index contributed by atoms with van der Waals surface area (Å²) >= 11 is 0. The van der Waals surface area contributed by atoms with E-state index < -0.39 is 0 Å². The third-order valence-electron chi connectivity index (χ3n) is 4.37. The van der Waals surface area contributed by atoms with E-state index in [2.05, 4.69) is 5.32 Å². The normalized spacial score (nSPS) is 17.6. The fraction of sp³-hybridized carbons (Fsp3) is 0.381. The van der Waals surface area contributed by atoms with Crippen LogP contribution in [-0.4, -0.2) is 25.2 Å². The van der Waals surface area contributed by atoms with E-state index in [0.717, 1.165) is 16.9 Å². The summed E-state index contributed by atoms with van der Waals surface area (Å²) in [6.45, 7) is 6.04. The van der Waals surface area contributed by atoms with Crippen LogP contribution in [0, 0.1) is 6.92 Å². The van der Waals surface area contributed by atoms with E-state index in [4.69, 9.17) is 14.2 Å².